The van der Waals surface area contributed by atoms with E-state index in [1.807, 2.05) is 27.7 Å². The molecule has 0 fully saturated rings. The molecule has 0 spiro atoms. The van der Waals surface area contributed by atoms with Gasteiger partial charge in [0.15, 0.2) is 0 Å². The average Bonchev–Trinajstić information content (AvgIpc) is 2.25. The average molecular weight is 269 g/mol. The van der Waals surface area contributed by atoms with Crippen LogP contribution in [0.1, 0.15) is 38.1 Å². The van der Waals surface area contributed by atoms with Crippen molar-refractivity contribution >= 4 is 12.0 Å². The third-order valence-corrected chi connectivity index (χ3v) is 2.66. The third kappa shape index (κ3) is 4.30. The molecule has 0 heterocycles. The minimum Gasteiger partial charge on any atom is -0.366 e. The summed E-state index contributed by atoms with van der Waals surface area (Å²) in [6.07, 6.45) is 0.450. The van der Waals surface area contributed by atoms with E-state index in [0.717, 1.165) is 12.1 Å². The number of benzene rings is 1. The van der Waals surface area contributed by atoms with Crippen molar-refractivity contribution in [1.82, 2.24) is 0 Å². The van der Waals surface area contributed by atoms with Gasteiger partial charge in [-0.25, -0.2) is 8.78 Å². The number of nitrogens with zero attached hydrogens (tertiary/aromatic N) is 1. The van der Waals surface area contributed by atoms with Gasteiger partial charge in [-0.1, -0.05) is 27.7 Å². The normalized spacial score (nSPS) is 11.2. The van der Waals surface area contributed by atoms with E-state index in [4.69, 9.17) is 0 Å². The molecule has 19 heavy (non-hydrogen) atoms. The Morgan fingerprint density at radius 2 is 1.47 bits per heavy atom. The predicted molar refractivity (Wildman–Crippen MR) is 73.6 cm³/mol. The van der Waals surface area contributed by atoms with Gasteiger partial charge in [-0.2, -0.15) is 0 Å². The molecule has 2 nitrogen and oxygen atoms in total. The molecule has 1 rings (SSSR count). The zero-order valence-electron chi connectivity index (χ0n) is 11.9. The van der Waals surface area contributed by atoms with E-state index < -0.39 is 11.6 Å². The van der Waals surface area contributed by atoms with Gasteiger partial charge in [0.25, 0.3) is 0 Å². The Morgan fingerprint density at radius 3 is 1.79 bits per heavy atom. The molecule has 0 saturated carbocycles. The molecule has 0 aliphatic rings. The summed E-state index contributed by atoms with van der Waals surface area (Å²) in [4.78, 5) is 12.3. The smallest absolute Gasteiger partial charge is 0.150 e. The Morgan fingerprint density at radius 1 is 1.05 bits per heavy atom. The Labute approximate surface area is 113 Å². The second-order valence-electron chi connectivity index (χ2n) is 5.64. The highest BCUT2D eigenvalue weighted by Crippen LogP contribution is 2.26. The molecule has 0 radical (unpaired) electrons. The zero-order valence-corrected chi connectivity index (χ0v) is 11.9. The van der Waals surface area contributed by atoms with Crippen LogP contribution in [0.2, 0.25) is 0 Å². The number of rotatable bonds is 6. The number of aldehydes is 1. The first-order valence-electron chi connectivity index (χ1n) is 6.54. The molecule has 0 aromatic heterocycles. The highest BCUT2D eigenvalue weighted by molar-refractivity contribution is 5.76. The van der Waals surface area contributed by atoms with E-state index in [1.165, 1.54) is 0 Å². The summed E-state index contributed by atoms with van der Waals surface area (Å²) < 4.78 is 28.0. The fourth-order valence-corrected chi connectivity index (χ4v) is 2.09. The topological polar surface area (TPSA) is 20.3 Å². The molecule has 0 N–H and O–H groups in total. The molecule has 1 aromatic rings. The van der Waals surface area contributed by atoms with Crippen molar-refractivity contribution in [2.75, 3.05) is 18.0 Å². The first-order valence-corrected chi connectivity index (χ1v) is 6.54. The Hall–Kier alpha value is -1.45. The molecule has 0 atom stereocenters. The molecule has 0 unspecified atom stereocenters. The minimum atomic E-state index is -0.677. The van der Waals surface area contributed by atoms with E-state index in [0.29, 0.717) is 31.2 Å². The Kier molecular flexibility index (Phi) is 5.45. The van der Waals surface area contributed by atoms with Crippen LogP contribution >= 0.6 is 0 Å². The van der Waals surface area contributed by atoms with E-state index >= 15 is 0 Å². The lowest BCUT2D eigenvalue weighted by Crippen LogP contribution is -2.32. The van der Waals surface area contributed by atoms with Crippen molar-refractivity contribution in [3.05, 3.63) is 29.3 Å². The lowest BCUT2D eigenvalue weighted by atomic mass is 10.1. The zero-order chi connectivity index (χ0) is 14.6. The van der Waals surface area contributed by atoms with Crippen molar-refractivity contribution in [1.29, 1.82) is 0 Å². The quantitative estimate of drug-likeness (QED) is 0.730. The summed E-state index contributed by atoms with van der Waals surface area (Å²) >= 11 is 0. The van der Waals surface area contributed by atoms with Gasteiger partial charge in [-0.15, -0.1) is 0 Å². The van der Waals surface area contributed by atoms with E-state index in [2.05, 4.69) is 0 Å². The lowest BCUT2D eigenvalue weighted by Gasteiger charge is -2.29. The van der Waals surface area contributed by atoms with Gasteiger partial charge in [0.1, 0.15) is 23.6 Å². The van der Waals surface area contributed by atoms with Crippen molar-refractivity contribution < 1.29 is 13.6 Å². The molecule has 1 aromatic carbocycles. The summed E-state index contributed by atoms with van der Waals surface area (Å²) in [6.45, 7) is 9.16. The van der Waals surface area contributed by atoms with Gasteiger partial charge in [-0.3, -0.25) is 4.79 Å². The second-order valence-corrected chi connectivity index (χ2v) is 5.64. The van der Waals surface area contributed by atoms with E-state index in [9.17, 15) is 13.6 Å². The predicted octanol–water partition coefficient (Wildman–Crippen LogP) is 3.90. The summed E-state index contributed by atoms with van der Waals surface area (Å²) in [5.74, 6) is -0.765. The van der Waals surface area contributed by atoms with Crippen LogP contribution in [0.4, 0.5) is 14.5 Å². The number of hydrogen-bond donors (Lipinski definition) is 0. The maximum absolute atomic E-state index is 14.0. The van der Waals surface area contributed by atoms with Crippen molar-refractivity contribution in [3.8, 4) is 0 Å². The largest absolute Gasteiger partial charge is 0.366 e. The SMILES string of the molecule is CC(C)CN(CC(C)C)c1c(F)cc(C=O)cc1F. The first-order chi connectivity index (χ1) is 8.85. The van der Waals surface area contributed by atoms with E-state index in [-0.39, 0.29) is 11.3 Å². The fraction of sp³-hybridized carbons (Fsp3) is 0.533. The molecule has 0 saturated heterocycles. The molecule has 106 valence electrons. The van der Waals surface area contributed by atoms with Gasteiger partial charge in [-0.05, 0) is 24.0 Å². The second kappa shape index (κ2) is 6.64. The molecule has 0 aliphatic carbocycles. The summed E-state index contributed by atoms with van der Waals surface area (Å²) in [7, 11) is 0. The number of hydrogen-bond acceptors (Lipinski definition) is 2. The van der Waals surface area contributed by atoms with Crippen LogP contribution in [-0.2, 0) is 0 Å². The minimum absolute atomic E-state index is 0.0211. The lowest BCUT2D eigenvalue weighted by molar-refractivity contribution is 0.112. The van der Waals surface area contributed by atoms with Crippen LogP contribution in [0.3, 0.4) is 0 Å². The number of carbonyl (C=O) groups is 1. The maximum Gasteiger partial charge on any atom is 0.150 e. The maximum atomic E-state index is 14.0. The molecule has 0 aliphatic heterocycles. The summed E-state index contributed by atoms with van der Waals surface area (Å²) in [5.41, 5.74) is -0.0132. The van der Waals surface area contributed by atoms with Crippen LogP contribution in [0.25, 0.3) is 0 Å². The van der Waals surface area contributed by atoms with Crippen LogP contribution in [0, 0.1) is 23.5 Å². The summed E-state index contributed by atoms with van der Waals surface area (Å²) in [6, 6.07) is 2.16. The fourth-order valence-electron chi connectivity index (χ4n) is 2.09. The number of anilines is 1. The van der Waals surface area contributed by atoms with Gasteiger partial charge in [0.2, 0.25) is 0 Å². The molecular weight excluding hydrogens is 248 g/mol. The Balaban J connectivity index is 3.17. The molecular formula is C15H21F2NO. The number of carbonyl (C=O) groups excluding carboxylic acids is 1. The van der Waals surface area contributed by atoms with Crippen molar-refractivity contribution in [3.63, 3.8) is 0 Å². The van der Waals surface area contributed by atoms with Gasteiger partial charge in [0.05, 0.1) is 0 Å². The monoisotopic (exact) mass is 269 g/mol. The van der Waals surface area contributed by atoms with Gasteiger partial charge in [0, 0.05) is 18.7 Å². The standard InChI is InChI=1S/C15H21F2NO/c1-10(2)7-18(8-11(3)4)15-13(16)5-12(9-19)6-14(15)17/h5-6,9-11H,7-8H2,1-4H3. The van der Waals surface area contributed by atoms with Crippen LogP contribution in [-0.4, -0.2) is 19.4 Å². The van der Waals surface area contributed by atoms with Crippen molar-refractivity contribution in [2.24, 2.45) is 11.8 Å². The van der Waals surface area contributed by atoms with Gasteiger partial charge >= 0.3 is 0 Å². The Bertz CT molecular complexity index is 411. The highest BCUT2D eigenvalue weighted by Gasteiger charge is 2.19. The van der Waals surface area contributed by atoms with Crippen LogP contribution in [0.15, 0.2) is 12.1 Å². The molecule has 0 bridgehead atoms. The third-order valence-electron chi connectivity index (χ3n) is 2.66. The van der Waals surface area contributed by atoms with Crippen molar-refractivity contribution in [2.45, 2.75) is 27.7 Å². The van der Waals surface area contributed by atoms with Crippen LogP contribution in [0.5, 0.6) is 0 Å². The first kappa shape index (κ1) is 15.6. The highest BCUT2D eigenvalue weighted by atomic mass is 19.1. The summed E-state index contributed by atoms with van der Waals surface area (Å²) in [5, 5.41) is 0. The number of halogens is 2. The molecule has 0 amide bonds. The van der Waals surface area contributed by atoms with Crippen LogP contribution < -0.4 is 4.90 Å². The molecule has 4 heteroatoms. The van der Waals surface area contributed by atoms with Gasteiger partial charge < -0.3 is 4.90 Å². The van der Waals surface area contributed by atoms with E-state index in [1.54, 1.807) is 4.90 Å².